The zero-order valence-electron chi connectivity index (χ0n) is 20.5. The Labute approximate surface area is 227 Å². The van der Waals surface area contributed by atoms with Gasteiger partial charge in [0.05, 0.1) is 13.2 Å². The van der Waals surface area contributed by atoms with Crippen LogP contribution in [-0.2, 0) is 17.9 Å². The number of halogens is 2. The maximum atomic E-state index is 14.1. The van der Waals surface area contributed by atoms with Crippen LogP contribution in [0, 0.1) is 5.82 Å². The van der Waals surface area contributed by atoms with Crippen LogP contribution in [0.15, 0.2) is 89.0 Å². The first-order valence-corrected chi connectivity index (χ1v) is 12.9. The Kier molecular flexibility index (Phi) is 7.42. The van der Waals surface area contributed by atoms with Crippen LogP contribution in [0.3, 0.4) is 0 Å². The molecule has 0 bridgehead atoms. The van der Waals surface area contributed by atoms with Crippen LogP contribution in [0.4, 0.5) is 9.18 Å². The summed E-state index contributed by atoms with van der Waals surface area (Å²) in [4.78, 5) is 26.4. The minimum Gasteiger partial charge on any atom is -0.490 e. The molecular weight excluding hydrogens is 551 g/mol. The highest BCUT2D eigenvalue weighted by molar-refractivity contribution is 9.10. The van der Waals surface area contributed by atoms with Gasteiger partial charge in [-0.25, -0.2) is 9.18 Å². The first-order valence-electron chi connectivity index (χ1n) is 12.1. The lowest BCUT2D eigenvalue weighted by molar-refractivity contribution is -0.123. The molecule has 0 aliphatic carbocycles. The Morgan fingerprint density at radius 1 is 0.921 bits per heavy atom. The molecule has 0 atom stereocenters. The number of rotatable bonds is 8. The van der Waals surface area contributed by atoms with E-state index in [9.17, 15) is 14.0 Å². The molecule has 1 aliphatic heterocycles. The summed E-state index contributed by atoms with van der Waals surface area (Å²) in [5.74, 6) is 0.0210. The lowest BCUT2D eigenvalue weighted by Gasteiger charge is -2.15. The second-order valence-electron chi connectivity index (χ2n) is 8.65. The van der Waals surface area contributed by atoms with Gasteiger partial charge in [-0.3, -0.25) is 9.69 Å². The molecule has 1 saturated heterocycles. The highest BCUT2D eigenvalue weighted by atomic mass is 79.9. The van der Waals surface area contributed by atoms with E-state index in [2.05, 4.69) is 39.4 Å². The molecule has 1 aliphatic rings. The molecule has 4 aromatic carbocycles. The Balaban J connectivity index is 1.39. The second kappa shape index (κ2) is 11.1. The minimum atomic E-state index is -0.610. The van der Waals surface area contributed by atoms with E-state index in [-0.39, 0.29) is 17.8 Å². The predicted octanol–water partition coefficient (Wildman–Crippen LogP) is 6.81. The van der Waals surface area contributed by atoms with E-state index in [0.717, 1.165) is 21.2 Å². The van der Waals surface area contributed by atoms with Crippen molar-refractivity contribution in [2.45, 2.75) is 20.1 Å². The van der Waals surface area contributed by atoms with Gasteiger partial charge >= 0.3 is 6.03 Å². The molecule has 1 N–H and O–H groups in total. The molecule has 192 valence electrons. The third-order valence-electron chi connectivity index (χ3n) is 6.17. The smallest absolute Gasteiger partial charge is 0.329 e. The Morgan fingerprint density at radius 3 is 2.45 bits per heavy atom. The normalized spacial score (nSPS) is 14.3. The minimum absolute atomic E-state index is 0.0823. The van der Waals surface area contributed by atoms with Gasteiger partial charge < -0.3 is 14.8 Å². The van der Waals surface area contributed by atoms with Gasteiger partial charge in [-0.15, -0.1) is 0 Å². The largest absolute Gasteiger partial charge is 0.490 e. The van der Waals surface area contributed by atoms with Crippen molar-refractivity contribution in [2.24, 2.45) is 0 Å². The van der Waals surface area contributed by atoms with E-state index in [1.54, 1.807) is 36.4 Å². The van der Waals surface area contributed by atoms with E-state index in [4.69, 9.17) is 9.47 Å². The molecule has 0 unspecified atom stereocenters. The van der Waals surface area contributed by atoms with Crippen LogP contribution in [0.25, 0.3) is 16.8 Å². The van der Waals surface area contributed by atoms with Gasteiger partial charge in [0.25, 0.3) is 5.91 Å². The second-order valence-corrected chi connectivity index (χ2v) is 9.51. The van der Waals surface area contributed by atoms with Gasteiger partial charge in [0.2, 0.25) is 0 Å². The first-order chi connectivity index (χ1) is 18.4. The van der Waals surface area contributed by atoms with Gasteiger partial charge in [-0.1, -0.05) is 76.6 Å². The van der Waals surface area contributed by atoms with Crippen LogP contribution in [0.2, 0.25) is 0 Å². The lowest BCUT2D eigenvalue weighted by Crippen LogP contribution is -2.30. The summed E-state index contributed by atoms with van der Waals surface area (Å²) in [5.41, 5.74) is 1.99. The Bertz CT molecular complexity index is 1560. The van der Waals surface area contributed by atoms with E-state index in [0.29, 0.717) is 34.7 Å². The highest BCUT2D eigenvalue weighted by Crippen LogP contribution is 2.36. The van der Waals surface area contributed by atoms with Crippen LogP contribution in [-0.4, -0.2) is 23.4 Å². The number of ether oxygens (including phenoxy) is 2. The van der Waals surface area contributed by atoms with E-state index in [1.807, 2.05) is 31.2 Å². The van der Waals surface area contributed by atoms with Gasteiger partial charge in [0, 0.05) is 10.0 Å². The third-order valence-corrected chi connectivity index (χ3v) is 6.86. The molecule has 3 amide bonds. The molecule has 5 rings (SSSR count). The topological polar surface area (TPSA) is 67.9 Å². The van der Waals surface area contributed by atoms with Gasteiger partial charge in [0.1, 0.15) is 18.1 Å². The lowest BCUT2D eigenvalue weighted by atomic mass is 10.1. The van der Waals surface area contributed by atoms with Crippen molar-refractivity contribution in [3.05, 3.63) is 112 Å². The van der Waals surface area contributed by atoms with Crippen LogP contribution >= 0.6 is 15.9 Å². The van der Waals surface area contributed by atoms with Crippen LogP contribution < -0.4 is 14.8 Å². The number of nitrogens with zero attached hydrogens (tertiary/aromatic N) is 1. The van der Waals surface area contributed by atoms with Crippen molar-refractivity contribution < 1.29 is 23.5 Å². The number of imide groups is 1. The van der Waals surface area contributed by atoms with E-state index in [1.165, 1.54) is 6.07 Å². The van der Waals surface area contributed by atoms with Crippen molar-refractivity contribution in [1.82, 2.24) is 10.2 Å². The van der Waals surface area contributed by atoms with Crippen LogP contribution in [0.1, 0.15) is 23.6 Å². The Morgan fingerprint density at radius 2 is 1.63 bits per heavy atom. The summed E-state index contributed by atoms with van der Waals surface area (Å²) in [6.07, 6.45) is 1.56. The molecule has 0 spiro atoms. The first kappa shape index (κ1) is 25.5. The molecule has 1 heterocycles. The molecule has 6 nitrogen and oxygen atoms in total. The Hall–Kier alpha value is -4.17. The summed E-state index contributed by atoms with van der Waals surface area (Å²) in [5, 5.41) is 4.83. The van der Waals surface area contributed by atoms with E-state index >= 15 is 0 Å². The summed E-state index contributed by atoms with van der Waals surface area (Å²) >= 11 is 3.55. The number of hydrogen-bond acceptors (Lipinski definition) is 4. The highest BCUT2D eigenvalue weighted by Gasteiger charge is 2.34. The number of hydrogen-bond donors (Lipinski definition) is 1. The van der Waals surface area contributed by atoms with Crippen molar-refractivity contribution in [3.63, 3.8) is 0 Å². The van der Waals surface area contributed by atoms with E-state index < -0.39 is 17.8 Å². The quantitative estimate of drug-likeness (QED) is 0.185. The predicted molar refractivity (Wildman–Crippen MR) is 147 cm³/mol. The average Bonchev–Trinajstić information content (AvgIpc) is 3.18. The molecular formula is C30H24BrFN2O4. The maximum Gasteiger partial charge on any atom is 0.329 e. The van der Waals surface area contributed by atoms with Crippen molar-refractivity contribution in [2.75, 3.05) is 6.61 Å². The summed E-state index contributed by atoms with van der Waals surface area (Å²) in [6, 6.07) is 23.2. The third kappa shape index (κ3) is 5.26. The molecule has 0 radical (unpaired) electrons. The standard InChI is InChI=1S/C30H24BrFN2O4/c1-2-37-27-15-22(14-26-29(35)34(30(36)33-26)17-20-9-4-6-13-25(20)32)24(31)16-28(27)38-18-21-11-7-10-19-8-3-5-12-23(19)21/h3-16H,2,17-18H2,1H3,(H,33,36)/b26-14+. The number of nitrogens with one attached hydrogen (secondary N) is 1. The number of carbonyl (C=O) groups is 2. The van der Waals surface area contributed by atoms with Gasteiger partial charge in [-0.05, 0) is 53.1 Å². The van der Waals surface area contributed by atoms with Crippen molar-refractivity contribution in [1.29, 1.82) is 0 Å². The fourth-order valence-electron chi connectivity index (χ4n) is 4.28. The number of urea groups is 1. The van der Waals surface area contributed by atoms with Crippen LogP contribution in [0.5, 0.6) is 11.5 Å². The molecule has 8 heteroatoms. The number of carbonyl (C=O) groups excluding carboxylic acids is 2. The average molecular weight is 575 g/mol. The molecule has 38 heavy (non-hydrogen) atoms. The van der Waals surface area contributed by atoms with Crippen molar-refractivity contribution in [3.8, 4) is 11.5 Å². The summed E-state index contributed by atoms with van der Waals surface area (Å²) in [7, 11) is 0. The fraction of sp³-hybridized carbons (Fsp3) is 0.133. The number of amides is 3. The summed E-state index contributed by atoms with van der Waals surface area (Å²) in [6.45, 7) is 2.46. The summed E-state index contributed by atoms with van der Waals surface area (Å²) < 4.78 is 26.7. The van der Waals surface area contributed by atoms with Crippen molar-refractivity contribution >= 4 is 44.7 Å². The SMILES string of the molecule is CCOc1cc(/C=C2/NC(=O)N(Cc3ccccc3F)C2=O)c(Br)cc1OCc1cccc2ccccc12. The maximum absolute atomic E-state index is 14.1. The molecule has 1 fully saturated rings. The monoisotopic (exact) mass is 574 g/mol. The zero-order chi connectivity index (χ0) is 26.6. The number of fused-ring (bicyclic) bond motifs is 1. The molecule has 4 aromatic rings. The van der Waals surface area contributed by atoms with Gasteiger partial charge in [0.15, 0.2) is 11.5 Å². The van der Waals surface area contributed by atoms with Gasteiger partial charge in [-0.2, -0.15) is 0 Å². The molecule has 0 aromatic heterocycles. The number of benzene rings is 4. The fourth-order valence-corrected chi connectivity index (χ4v) is 4.72. The zero-order valence-corrected chi connectivity index (χ0v) is 22.1. The molecule has 0 saturated carbocycles.